The molecule has 3 amide bonds. The molecule has 250 valence electrons. The number of halogens is 1. The molecule has 0 radical (unpaired) electrons. The number of nitrogens with one attached hydrogen (secondary N) is 1. The number of likely N-dealkylation sites (tertiary alicyclic amines) is 1. The number of fused-ring (bicyclic) bond motifs is 1. The van der Waals surface area contributed by atoms with Gasteiger partial charge in [0.1, 0.15) is 17.7 Å². The molecule has 0 aliphatic carbocycles. The van der Waals surface area contributed by atoms with Gasteiger partial charge in [-0.15, -0.1) is 13.2 Å². The average Bonchev–Trinajstić information content (AvgIpc) is 3.70. The van der Waals surface area contributed by atoms with E-state index in [0.717, 1.165) is 5.56 Å². The van der Waals surface area contributed by atoms with E-state index in [9.17, 15) is 24.3 Å². The maximum Gasteiger partial charge on any atom is 0.312 e. The van der Waals surface area contributed by atoms with Crippen molar-refractivity contribution in [2.75, 3.05) is 24.6 Å². The maximum absolute atomic E-state index is 15.0. The molecule has 3 aliphatic rings. The summed E-state index contributed by atoms with van der Waals surface area (Å²) in [7, 11) is 0. The Morgan fingerprint density at radius 2 is 1.94 bits per heavy atom. The van der Waals surface area contributed by atoms with E-state index >= 15 is 0 Å². The minimum atomic E-state index is -1.35. The highest BCUT2D eigenvalue weighted by atomic mass is 35.5. The van der Waals surface area contributed by atoms with E-state index in [-0.39, 0.29) is 25.4 Å². The zero-order valence-corrected chi connectivity index (χ0v) is 27.5. The van der Waals surface area contributed by atoms with Gasteiger partial charge >= 0.3 is 5.97 Å². The van der Waals surface area contributed by atoms with Crippen LogP contribution in [0.3, 0.4) is 0 Å². The molecule has 3 heterocycles. The Balaban J connectivity index is 1.52. The number of amides is 3. The Morgan fingerprint density at radius 1 is 1.19 bits per heavy atom. The van der Waals surface area contributed by atoms with Crippen molar-refractivity contribution in [3.8, 4) is 0 Å². The molecule has 1 spiro atoms. The molecule has 0 unspecified atom stereocenters. The third-order valence-electron chi connectivity index (χ3n) is 9.45. The molecule has 2 N–H and O–H groups in total. The number of allylic oxidation sites excluding steroid dienone is 1. The van der Waals surface area contributed by atoms with Gasteiger partial charge in [-0.3, -0.25) is 19.2 Å². The fraction of sp³-hybridized carbons (Fsp3) is 0.444. The molecule has 10 nitrogen and oxygen atoms in total. The Morgan fingerprint density at radius 3 is 2.60 bits per heavy atom. The van der Waals surface area contributed by atoms with Crippen LogP contribution >= 0.6 is 11.6 Å². The fourth-order valence-corrected chi connectivity index (χ4v) is 7.76. The van der Waals surface area contributed by atoms with Crippen molar-refractivity contribution in [2.24, 2.45) is 11.8 Å². The number of anilines is 1. The van der Waals surface area contributed by atoms with Gasteiger partial charge in [0.05, 0.1) is 47.8 Å². The third-order valence-corrected chi connectivity index (χ3v) is 9.76. The van der Waals surface area contributed by atoms with E-state index in [1.165, 1.54) is 9.80 Å². The first-order valence-electron chi connectivity index (χ1n) is 16.0. The van der Waals surface area contributed by atoms with Crippen LogP contribution in [0, 0.1) is 18.8 Å². The number of esters is 1. The van der Waals surface area contributed by atoms with E-state index in [4.69, 9.17) is 21.1 Å². The highest BCUT2D eigenvalue weighted by Crippen LogP contribution is 2.60. The number of carbonyl (C=O) groups is 4. The zero-order valence-electron chi connectivity index (χ0n) is 26.8. The summed E-state index contributed by atoms with van der Waals surface area (Å²) in [6.45, 7) is 10.7. The summed E-state index contributed by atoms with van der Waals surface area (Å²) in [5.41, 5.74) is 0.528. The van der Waals surface area contributed by atoms with Crippen molar-refractivity contribution in [3.05, 3.63) is 90.0 Å². The second-order valence-corrected chi connectivity index (χ2v) is 12.8. The minimum Gasteiger partial charge on any atom is -0.460 e. The molecule has 3 aliphatic heterocycles. The maximum atomic E-state index is 15.0. The van der Waals surface area contributed by atoms with Crippen LogP contribution in [0.25, 0.3) is 0 Å². The molecule has 5 rings (SSSR count). The summed E-state index contributed by atoms with van der Waals surface area (Å²) < 4.78 is 12.4. The number of para-hydroxylation sites is 1. The Bertz CT molecular complexity index is 1510. The number of benzene rings is 2. The fourth-order valence-electron chi connectivity index (χ4n) is 7.43. The summed E-state index contributed by atoms with van der Waals surface area (Å²) in [5.74, 6) is -3.71. The van der Waals surface area contributed by atoms with E-state index in [0.29, 0.717) is 35.5 Å². The SMILES string of the molecule is C=CCCC(=O)NC[C@H](C)OC(=O)[C@@H]1[C@H]2C(=O)N([C@H](CO)c3ccccc3)[C@H](C(=O)N(CC=C)c3c(C)cccc3Cl)[C@]23CC[C@H]1O3. The molecular formula is C36H42ClN3O7. The van der Waals surface area contributed by atoms with E-state index in [1.807, 2.05) is 19.1 Å². The molecule has 2 aromatic rings. The smallest absolute Gasteiger partial charge is 0.312 e. The van der Waals surface area contributed by atoms with Gasteiger partial charge < -0.3 is 29.7 Å². The number of carbonyl (C=O) groups excluding carboxylic acids is 4. The predicted octanol–water partition coefficient (Wildman–Crippen LogP) is 4.29. The molecule has 0 saturated carbocycles. The van der Waals surface area contributed by atoms with E-state index in [1.54, 1.807) is 55.5 Å². The summed E-state index contributed by atoms with van der Waals surface area (Å²) in [6, 6.07) is 12.3. The summed E-state index contributed by atoms with van der Waals surface area (Å²) in [5, 5.41) is 13.9. The van der Waals surface area contributed by atoms with Gasteiger partial charge in [0.25, 0.3) is 5.91 Å². The summed E-state index contributed by atoms with van der Waals surface area (Å²) >= 11 is 6.66. The number of ether oxygens (including phenoxy) is 2. The minimum absolute atomic E-state index is 0.0999. The lowest BCUT2D eigenvalue weighted by Crippen LogP contribution is -2.57. The van der Waals surface area contributed by atoms with Crippen molar-refractivity contribution < 1.29 is 33.8 Å². The lowest BCUT2D eigenvalue weighted by atomic mass is 9.70. The molecule has 3 saturated heterocycles. The van der Waals surface area contributed by atoms with Crippen molar-refractivity contribution >= 4 is 41.0 Å². The van der Waals surface area contributed by atoms with Crippen molar-refractivity contribution in [2.45, 2.75) is 69.4 Å². The lowest BCUT2D eigenvalue weighted by molar-refractivity contribution is -0.159. The van der Waals surface area contributed by atoms with Gasteiger partial charge in [-0.25, -0.2) is 0 Å². The van der Waals surface area contributed by atoms with Gasteiger partial charge in [-0.1, -0.05) is 66.2 Å². The normalized spacial score (nSPS) is 25.5. The monoisotopic (exact) mass is 663 g/mol. The number of nitrogens with zero attached hydrogens (tertiary/aromatic N) is 2. The highest BCUT2D eigenvalue weighted by Gasteiger charge is 2.76. The third kappa shape index (κ3) is 6.34. The molecule has 7 atom stereocenters. The second-order valence-electron chi connectivity index (χ2n) is 12.4. The van der Waals surface area contributed by atoms with Crippen molar-refractivity contribution in [1.82, 2.24) is 10.2 Å². The van der Waals surface area contributed by atoms with Gasteiger partial charge in [0.2, 0.25) is 11.8 Å². The van der Waals surface area contributed by atoms with Gasteiger partial charge in [-0.2, -0.15) is 0 Å². The molecule has 2 bridgehead atoms. The second kappa shape index (κ2) is 14.4. The van der Waals surface area contributed by atoms with Gasteiger partial charge in [-0.05, 0) is 50.3 Å². The summed E-state index contributed by atoms with van der Waals surface area (Å²) in [4.78, 5) is 58.5. The van der Waals surface area contributed by atoms with Crippen LogP contribution < -0.4 is 10.2 Å². The first-order chi connectivity index (χ1) is 22.6. The molecule has 11 heteroatoms. The van der Waals surface area contributed by atoms with Gasteiger partial charge in [0.15, 0.2) is 0 Å². The van der Waals surface area contributed by atoms with Crippen LogP contribution in [0.5, 0.6) is 0 Å². The van der Waals surface area contributed by atoms with Crippen molar-refractivity contribution in [3.63, 3.8) is 0 Å². The Labute approximate surface area is 280 Å². The lowest BCUT2D eigenvalue weighted by Gasteiger charge is -2.39. The van der Waals surface area contributed by atoms with Crippen LogP contribution in [0.2, 0.25) is 5.02 Å². The predicted molar refractivity (Wildman–Crippen MR) is 177 cm³/mol. The Hall–Kier alpha value is -3.99. The molecular weight excluding hydrogens is 622 g/mol. The number of rotatable bonds is 14. The van der Waals surface area contributed by atoms with Crippen LogP contribution in [0.1, 0.15) is 49.8 Å². The number of hydrogen-bond donors (Lipinski definition) is 2. The molecule has 0 aromatic heterocycles. The van der Waals surface area contributed by atoms with Crippen LogP contribution in [-0.2, 0) is 28.7 Å². The van der Waals surface area contributed by atoms with Gasteiger partial charge in [0, 0.05) is 13.0 Å². The molecule has 2 aromatic carbocycles. The first kappa shape index (κ1) is 34.3. The molecule has 3 fully saturated rings. The van der Waals surface area contributed by atoms with E-state index in [2.05, 4.69) is 18.5 Å². The summed E-state index contributed by atoms with van der Waals surface area (Å²) in [6.07, 6.45) is 3.53. The number of hydrogen-bond acceptors (Lipinski definition) is 7. The topological polar surface area (TPSA) is 125 Å². The Kier molecular flexibility index (Phi) is 10.5. The zero-order chi connectivity index (χ0) is 33.9. The van der Waals surface area contributed by atoms with Crippen molar-refractivity contribution in [1.29, 1.82) is 0 Å². The largest absolute Gasteiger partial charge is 0.460 e. The van der Waals surface area contributed by atoms with Crippen LogP contribution in [-0.4, -0.2) is 77.2 Å². The van der Waals surface area contributed by atoms with Crippen LogP contribution in [0.15, 0.2) is 73.8 Å². The highest BCUT2D eigenvalue weighted by molar-refractivity contribution is 6.34. The van der Waals surface area contributed by atoms with E-state index < -0.39 is 66.1 Å². The number of aliphatic hydroxyl groups excluding tert-OH is 1. The number of aliphatic hydroxyl groups is 1. The van der Waals surface area contributed by atoms with Crippen LogP contribution in [0.4, 0.5) is 5.69 Å². The standard InChI is InChI=1S/C36H42ClN3O7/c1-5-7-16-28(42)38-20-23(4)46-35(45)29-27-17-18-36(47-27)30(29)33(43)40(26(21-41)24-13-9-8-10-14-24)32(36)34(44)39(19-6-2)31-22(3)12-11-15-25(31)37/h5-6,8-15,23,26-27,29-30,32,41H,1-2,7,16-21H2,3-4H3,(H,38,42)/t23-,26+,27+,29-,30-,32+,36-/m0/s1. The number of aryl methyl sites for hydroxylation is 1. The average molecular weight is 664 g/mol. The first-order valence-corrected chi connectivity index (χ1v) is 16.4. The quantitative estimate of drug-likeness (QED) is 0.228. The molecule has 47 heavy (non-hydrogen) atoms.